The van der Waals surface area contributed by atoms with E-state index in [0.29, 0.717) is 16.5 Å². The predicted octanol–water partition coefficient (Wildman–Crippen LogP) is 5.55. The highest BCUT2D eigenvalue weighted by Gasteiger charge is 2.31. The van der Waals surface area contributed by atoms with E-state index >= 15 is 0 Å². The molecule has 0 atom stereocenters. The van der Waals surface area contributed by atoms with Gasteiger partial charge in [0.25, 0.3) is 0 Å². The molecule has 24 heavy (non-hydrogen) atoms. The second-order valence-corrected chi connectivity index (χ2v) is 6.09. The highest BCUT2D eigenvalue weighted by atomic mass is 35.5. The fourth-order valence-corrected chi connectivity index (χ4v) is 3.12. The van der Waals surface area contributed by atoms with Crippen molar-refractivity contribution in [3.8, 4) is 27.7 Å². The van der Waals surface area contributed by atoms with E-state index in [1.54, 1.807) is 12.5 Å². The first kappa shape index (κ1) is 16.7. The van der Waals surface area contributed by atoms with Crippen LogP contribution in [-0.4, -0.2) is 17.1 Å². The van der Waals surface area contributed by atoms with Crippen LogP contribution in [0.2, 0.25) is 5.02 Å². The highest BCUT2D eigenvalue weighted by Crippen LogP contribution is 2.36. The Morgan fingerprint density at radius 2 is 2.00 bits per heavy atom. The van der Waals surface area contributed by atoms with Crippen LogP contribution in [0.3, 0.4) is 0 Å². The maximum Gasteiger partial charge on any atom is 0.417 e. The standard InChI is InChI=1S/C16H10ClF3N2OS/c1-23-11-4-2-3-9(5-11)15-22-13(8-24-15)14-12(17)6-10(7-21-14)16(18,19)20/h2-8H,1H3. The smallest absolute Gasteiger partial charge is 0.417 e. The summed E-state index contributed by atoms with van der Waals surface area (Å²) in [5.41, 5.74) is 0.597. The van der Waals surface area contributed by atoms with Crippen LogP contribution >= 0.6 is 22.9 Å². The molecule has 0 unspecified atom stereocenters. The van der Waals surface area contributed by atoms with Crippen LogP contribution in [0.4, 0.5) is 13.2 Å². The monoisotopic (exact) mass is 370 g/mol. The molecule has 0 aliphatic carbocycles. The lowest BCUT2D eigenvalue weighted by Gasteiger charge is -2.07. The average molecular weight is 371 g/mol. The number of ether oxygens (including phenoxy) is 1. The molecule has 0 bridgehead atoms. The Labute approximate surface area is 144 Å². The first-order chi connectivity index (χ1) is 11.4. The van der Waals surface area contributed by atoms with Crippen molar-refractivity contribution in [2.24, 2.45) is 0 Å². The second kappa shape index (κ2) is 6.41. The molecule has 3 nitrogen and oxygen atoms in total. The number of hydrogen-bond donors (Lipinski definition) is 0. The first-order valence-corrected chi connectivity index (χ1v) is 7.97. The van der Waals surface area contributed by atoms with E-state index in [2.05, 4.69) is 9.97 Å². The van der Waals surface area contributed by atoms with Gasteiger partial charge in [-0.1, -0.05) is 23.7 Å². The number of nitrogens with zero attached hydrogens (tertiary/aromatic N) is 2. The van der Waals surface area contributed by atoms with Gasteiger partial charge < -0.3 is 4.74 Å². The van der Waals surface area contributed by atoms with Crippen molar-refractivity contribution in [3.05, 3.63) is 52.5 Å². The Balaban J connectivity index is 1.96. The minimum Gasteiger partial charge on any atom is -0.497 e. The predicted molar refractivity (Wildman–Crippen MR) is 87.3 cm³/mol. The molecule has 3 rings (SSSR count). The van der Waals surface area contributed by atoms with Crippen LogP contribution < -0.4 is 4.74 Å². The summed E-state index contributed by atoms with van der Waals surface area (Å²) in [4.78, 5) is 8.24. The summed E-state index contributed by atoms with van der Waals surface area (Å²) in [6, 6.07) is 8.19. The van der Waals surface area contributed by atoms with Crippen LogP contribution in [0.5, 0.6) is 5.75 Å². The van der Waals surface area contributed by atoms with E-state index in [1.807, 2.05) is 24.3 Å². The summed E-state index contributed by atoms with van der Waals surface area (Å²) >= 11 is 7.30. The van der Waals surface area contributed by atoms with E-state index < -0.39 is 11.7 Å². The molecule has 2 aromatic heterocycles. The molecule has 0 saturated carbocycles. The third kappa shape index (κ3) is 3.37. The van der Waals surface area contributed by atoms with Crippen molar-refractivity contribution in [1.82, 2.24) is 9.97 Å². The van der Waals surface area contributed by atoms with Crippen LogP contribution in [0.15, 0.2) is 41.9 Å². The van der Waals surface area contributed by atoms with Gasteiger partial charge in [-0.3, -0.25) is 4.98 Å². The fraction of sp³-hybridized carbons (Fsp3) is 0.125. The van der Waals surface area contributed by atoms with Gasteiger partial charge in [-0.15, -0.1) is 11.3 Å². The number of rotatable bonds is 3. The largest absolute Gasteiger partial charge is 0.497 e. The van der Waals surface area contributed by atoms with Gasteiger partial charge in [-0.2, -0.15) is 13.2 Å². The van der Waals surface area contributed by atoms with E-state index in [0.717, 1.165) is 17.8 Å². The Morgan fingerprint density at radius 1 is 1.21 bits per heavy atom. The minimum absolute atomic E-state index is 0.0904. The molecule has 0 spiro atoms. The Morgan fingerprint density at radius 3 is 2.67 bits per heavy atom. The number of thiazole rings is 1. The van der Waals surface area contributed by atoms with Gasteiger partial charge in [0.15, 0.2) is 0 Å². The number of benzene rings is 1. The maximum atomic E-state index is 12.7. The molecule has 0 aliphatic heterocycles. The molecule has 0 N–H and O–H groups in total. The SMILES string of the molecule is COc1cccc(-c2nc(-c3ncc(C(F)(F)F)cc3Cl)cs2)c1. The third-order valence-corrected chi connectivity index (χ3v) is 4.41. The van der Waals surface area contributed by atoms with Gasteiger partial charge in [0.2, 0.25) is 0 Å². The van der Waals surface area contributed by atoms with Gasteiger partial charge in [-0.05, 0) is 18.2 Å². The molecule has 1 aromatic carbocycles. The Kier molecular flexibility index (Phi) is 4.47. The number of pyridine rings is 1. The average Bonchev–Trinajstić information content (AvgIpc) is 3.03. The summed E-state index contributed by atoms with van der Waals surface area (Å²) in [6.45, 7) is 0. The van der Waals surface area contributed by atoms with Gasteiger partial charge >= 0.3 is 6.18 Å². The fourth-order valence-electron chi connectivity index (χ4n) is 2.05. The summed E-state index contributed by atoms with van der Waals surface area (Å²) in [6.07, 6.45) is -3.73. The summed E-state index contributed by atoms with van der Waals surface area (Å²) in [5.74, 6) is 0.690. The van der Waals surface area contributed by atoms with Gasteiger partial charge in [0, 0.05) is 17.1 Å². The number of methoxy groups -OCH3 is 1. The van der Waals surface area contributed by atoms with Crippen molar-refractivity contribution in [1.29, 1.82) is 0 Å². The lowest BCUT2D eigenvalue weighted by atomic mass is 10.2. The van der Waals surface area contributed by atoms with Crippen molar-refractivity contribution in [2.45, 2.75) is 6.18 Å². The van der Waals surface area contributed by atoms with E-state index in [-0.39, 0.29) is 10.7 Å². The molecule has 0 saturated heterocycles. The lowest BCUT2D eigenvalue weighted by molar-refractivity contribution is -0.137. The van der Waals surface area contributed by atoms with Crippen molar-refractivity contribution >= 4 is 22.9 Å². The molecule has 3 aromatic rings. The zero-order valence-electron chi connectivity index (χ0n) is 12.3. The molecule has 0 aliphatic rings. The maximum absolute atomic E-state index is 12.7. The normalized spacial score (nSPS) is 11.5. The zero-order valence-corrected chi connectivity index (χ0v) is 13.8. The highest BCUT2D eigenvalue weighted by molar-refractivity contribution is 7.13. The summed E-state index contributed by atoms with van der Waals surface area (Å²) in [5, 5.41) is 2.31. The Hall–Kier alpha value is -2.12. The lowest BCUT2D eigenvalue weighted by Crippen LogP contribution is -2.05. The van der Waals surface area contributed by atoms with Crippen molar-refractivity contribution in [3.63, 3.8) is 0 Å². The molecular weight excluding hydrogens is 361 g/mol. The topological polar surface area (TPSA) is 35.0 Å². The number of aromatic nitrogens is 2. The molecular formula is C16H10ClF3N2OS. The van der Waals surface area contributed by atoms with Crippen LogP contribution in [0.25, 0.3) is 22.0 Å². The summed E-state index contributed by atoms with van der Waals surface area (Å²) in [7, 11) is 1.57. The molecule has 2 heterocycles. The van der Waals surface area contributed by atoms with Gasteiger partial charge in [0.1, 0.15) is 22.1 Å². The van der Waals surface area contributed by atoms with Crippen molar-refractivity contribution < 1.29 is 17.9 Å². The molecule has 0 radical (unpaired) electrons. The van der Waals surface area contributed by atoms with Crippen molar-refractivity contribution in [2.75, 3.05) is 7.11 Å². The molecule has 8 heteroatoms. The second-order valence-electron chi connectivity index (χ2n) is 4.82. The summed E-state index contributed by atoms with van der Waals surface area (Å²) < 4.78 is 43.2. The first-order valence-electron chi connectivity index (χ1n) is 6.71. The quantitative estimate of drug-likeness (QED) is 0.606. The van der Waals surface area contributed by atoms with E-state index in [4.69, 9.17) is 16.3 Å². The van der Waals surface area contributed by atoms with Gasteiger partial charge in [0.05, 0.1) is 17.7 Å². The number of halogens is 4. The molecule has 0 fully saturated rings. The van der Waals surface area contributed by atoms with E-state index in [1.165, 1.54) is 11.3 Å². The number of alkyl halides is 3. The Bertz CT molecular complexity index is 880. The van der Waals surface area contributed by atoms with Crippen LogP contribution in [0, 0.1) is 0 Å². The van der Waals surface area contributed by atoms with E-state index in [9.17, 15) is 13.2 Å². The molecule has 124 valence electrons. The minimum atomic E-state index is -4.48. The van der Waals surface area contributed by atoms with Gasteiger partial charge in [-0.25, -0.2) is 4.98 Å². The zero-order chi connectivity index (χ0) is 17.3. The van der Waals surface area contributed by atoms with Crippen LogP contribution in [0.1, 0.15) is 5.56 Å². The number of hydrogen-bond acceptors (Lipinski definition) is 4. The third-order valence-electron chi connectivity index (χ3n) is 3.23. The molecule has 0 amide bonds. The van der Waals surface area contributed by atoms with Crippen LogP contribution in [-0.2, 0) is 6.18 Å².